The van der Waals surface area contributed by atoms with Crippen LogP contribution in [-0.2, 0) is 9.05 Å². The van der Waals surface area contributed by atoms with Crippen molar-refractivity contribution in [1.29, 1.82) is 0 Å². The average Bonchev–Trinajstić information content (AvgIpc) is 2.47. The van der Waals surface area contributed by atoms with Crippen LogP contribution >= 0.6 is 10.7 Å². The second-order valence-electron chi connectivity index (χ2n) is 4.15. The highest BCUT2D eigenvalue weighted by molar-refractivity contribution is 8.13. The number of ether oxygens (including phenoxy) is 1. The molecule has 7 heteroatoms. The van der Waals surface area contributed by atoms with Gasteiger partial charge in [-0.25, -0.2) is 8.42 Å². The highest BCUT2D eigenvalue weighted by Gasteiger charge is 2.13. The van der Waals surface area contributed by atoms with E-state index in [1.165, 1.54) is 24.3 Å². The van der Waals surface area contributed by atoms with Crippen molar-refractivity contribution in [3.8, 4) is 5.75 Å². The lowest BCUT2D eigenvalue weighted by Gasteiger charge is -2.07. The zero-order valence-electron chi connectivity index (χ0n) is 11.0. The van der Waals surface area contributed by atoms with Crippen LogP contribution in [0, 0.1) is 0 Å². The number of benzene rings is 2. The van der Waals surface area contributed by atoms with E-state index >= 15 is 0 Å². The van der Waals surface area contributed by atoms with E-state index in [2.05, 4.69) is 5.32 Å². The van der Waals surface area contributed by atoms with Crippen LogP contribution in [-0.4, -0.2) is 21.4 Å². The van der Waals surface area contributed by atoms with Gasteiger partial charge in [0.15, 0.2) is 0 Å². The number of rotatable bonds is 4. The van der Waals surface area contributed by atoms with Crippen LogP contribution < -0.4 is 10.1 Å². The summed E-state index contributed by atoms with van der Waals surface area (Å²) < 4.78 is 27.5. The summed E-state index contributed by atoms with van der Waals surface area (Å²) in [5, 5.41) is 2.66. The topological polar surface area (TPSA) is 72.5 Å². The van der Waals surface area contributed by atoms with E-state index in [0.717, 1.165) is 0 Å². The Morgan fingerprint density at radius 1 is 1.14 bits per heavy atom. The summed E-state index contributed by atoms with van der Waals surface area (Å²) in [6.07, 6.45) is 0. The van der Waals surface area contributed by atoms with Gasteiger partial charge in [0.1, 0.15) is 5.75 Å². The fourth-order valence-corrected chi connectivity index (χ4v) is 2.46. The molecule has 2 aromatic carbocycles. The van der Waals surface area contributed by atoms with Crippen LogP contribution in [0.1, 0.15) is 10.4 Å². The SMILES string of the molecule is COc1ccc(NC(=O)c2cccc(S(=O)(=O)Cl)c2)cc1. The summed E-state index contributed by atoms with van der Waals surface area (Å²) in [5.41, 5.74) is 0.771. The molecule has 0 unspecified atom stereocenters. The van der Waals surface area contributed by atoms with E-state index < -0.39 is 15.0 Å². The number of carbonyl (C=O) groups excluding carboxylic acids is 1. The minimum absolute atomic E-state index is 0.119. The van der Waals surface area contributed by atoms with Gasteiger partial charge in [-0.05, 0) is 42.5 Å². The Morgan fingerprint density at radius 2 is 1.81 bits per heavy atom. The molecule has 0 saturated carbocycles. The molecular formula is C14H12ClNO4S. The van der Waals surface area contributed by atoms with Gasteiger partial charge in [-0.15, -0.1) is 0 Å². The van der Waals surface area contributed by atoms with E-state index in [0.29, 0.717) is 11.4 Å². The first-order chi connectivity index (χ1) is 9.90. The van der Waals surface area contributed by atoms with E-state index in [-0.39, 0.29) is 10.5 Å². The standard InChI is InChI=1S/C14H12ClNO4S/c1-20-12-7-5-11(6-8-12)16-14(17)10-3-2-4-13(9-10)21(15,18)19/h2-9H,1H3,(H,16,17). The number of halogens is 1. The smallest absolute Gasteiger partial charge is 0.261 e. The quantitative estimate of drug-likeness (QED) is 0.877. The number of hydrogen-bond acceptors (Lipinski definition) is 4. The van der Waals surface area contributed by atoms with Crippen molar-refractivity contribution in [2.75, 3.05) is 12.4 Å². The molecule has 21 heavy (non-hydrogen) atoms. The normalized spacial score (nSPS) is 11.0. The molecule has 0 bridgehead atoms. The molecule has 0 fully saturated rings. The summed E-state index contributed by atoms with van der Waals surface area (Å²) >= 11 is 0. The molecular weight excluding hydrogens is 314 g/mol. The second-order valence-corrected chi connectivity index (χ2v) is 6.71. The summed E-state index contributed by atoms with van der Waals surface area (Å²) in [4.78, 5) is 11.9. The van der Waals surface area contributed by atoms with Gasteiger partial charge in [0.2, 0.25) is 0 Å². The monoisotopic (exact) mass is 325 g/mol. The highest BCUT2D eigenvalue weighted by Crippen LogP contribution is 2.18. The molecule has 2 rings (SSSR count). The molecule has 0 aliphatic heterocycles. The van der Waals surface area contributed by atoms with Crippen molar-refractivity contribution in [2.24, 2.45) is 0 Å². The minimum atomic E-state index is -3.87. The van der Waals surface area contributed by atoms with Crippen molar-refractivity contribution >= 4 is 31.3 Å². The Balaban J connectivity index is 2.20. The third-order valence-corrected chi connectivity index (χ3v) is 4.08. The number of carbonyl (C=O) groups is 1. The summed E-state index contributed by atoms with van der Waals surface area (Å²) in [6, 6.07) is 12.3. The van der Waals surface area contributed by atoms with E-state index in [1.807, 2.05) is 0 Å². The molecule has 0 aromatic heterocycles. The van der Waals surface area contributed by atoms with Gasteiger partial charge in [-0.1, -0.05) is 6.07 Å². The molecule has 2 aromatic rings. The maximum absolute atomic E-state index is 12.1. The molecule has 0 aliphatic rings. The number of nitrogens with one attached hydrogen (secondary N) is 1. The fourth-order valence-electron chi connectivity index (χ4n) is 1.67. The molecule has 0 heterocycles. The average molecular weight is 326 g/mol. The maximum atomic E-state index is 12.1. The lowest BCUT2D eigenvalue weighted by atomic mass is 10.2. The summed E-state index contributed by atoms with van der Waals surface area (Å²) in [7, 11) is 2.94. The largest absolute Gasteiger partial charge is 0.497 e. The number of hydrogen-bond donors (Lipinski definition) is 1. The van der Waals surface area contributed by atoms with Crippen LogP contribution in [0.5, 0.6) is 5.75 Å². The predicted octanol–water partition coefficient (Wildman–Crippen LogP) is 2.88. The highest BCUT2D eigenvalue weighted by atomic mass is 35.7. The van der Waals surface area contributed by atoms with Gasteiger partial charge in [-0.3, -0.25) is 4.79 Å². The number of amides is 1. The van der Waals surface area contributed by atoms with Crippen molar-refractivity contribution in [3.63, 3.8) is 0 Å². The first-order valence-electron chi connectivity index (χ1n) is 5.90. The summed E-state index contributed by atoms with van der Waals surface area (Å²) in [6.45, 7) is 0. The number of methoxy groups -OCH3 is 1. The molecule has 1 amide bonds. The first-order valence-corrected chi connectivity index (χ1v) is 8.21. The van der Waals surface area contributed by atoms with Crippen molar-refractivity contribution in [1.82, 2.24) is 0 Å². The molecule has 110 valence electrons. The van der Waals surface area contributed by atoms with Crippen molar-refractivity contribution in [2.45, 2.75) is 4.90 Å². The van der Waals surface area contributed by atoms with Gasteiger partial charge in [-0.2, -0.15) is 0 Å². The van der Waals surface area contributed by atoms with E-state index in [9.17, 15) is 13.2 Å². The van der Waals surface area contributed by atoms with Crippen LogP contribution in [0.25, 0.3) is 0 Å². The molecule has 0 saturated heterocycles. The van der Waals surface area contributed by atoms with Crippen LogP contribution in [0.15, 0.2) is 53.4 Å². The van der Waals surface area contributed by atoms with E-state index in [4.69, 9.17) is 15.4 Å². The van der Waals surface area contributed by atoms with Crippen LogP contribution in [0.2, 0.25) is 0 Å². The van der Waals surface area contributed by atoms with Crippen molar-refractivity contribution in [3.05, 3.63) is 54.1 Å². The molecule has 0 aliphatic carbocycles. The number of anilines is 1. The third-order valence-electron chi connectivity index (χ3n) is 2.73. The molecule has 0 atom stereocenters. The summed E-state index contributed by atoms with van der Waals surface area (Å²) in [5.74, 6) is 0.241. The predicted molar refractivity (Wildman–Crippen MR) is 80.4 cm³/mol. The Kier molecular flexibility index (Phi) is 4.50. The zero-order valence-corrected chi connectivity index (χ0v) is 12.6. The molecule has 0 radical (unpaired) electrons. The zero-order chi connectivity index (χ0) is 15.5. The lowest BCUT2D eigenvalue weighted by Crippen LogP contribution is -2.12. The van der Waals surface area contributed by atoms with Gasteiger partial charge >= 0.3 is 0 Å². The molecule has 0 spiro atoms. The minimum Gasteiger partial charge on any atom is -0.497 e. The second kappa shape index (κ2) is 6.15. The molecule has 1 N–H and O–H groups in total. The third kappa shape index (κ3) is 3.96. The van der Waals surface area contributed by atoms with E-state index in [1.54, 1.807) is 31.4 Å². The van der Waals surface area contributed by atoms with Gasteiger partial charge < -0.3 is 10.1 Å². The maximum Gasteiger partial charge on any atom is 0.261 e. The lowest BCUT2D eigenvalue weighted by molar-refractivity contribution is 0.102. The fraction of sp³-hybridized carbons (Fsp3) is 0.0714. The molecule has 5 nitrogen and oxygen atoms in total. The Morgan fingerprint density at radius 3 is 2.38 bits per heavy atom. The first kappa shape index (κ1) is 15.3. The van der Waals surface area contributed by atoms with Gasteiger partial charge in [0.05, 0.1) is 12.0 Å². The van der Waals surface area contributed by atoms with Crippen LogP contribution in [0.4, 0.5) is 5.69 Å². The Bertz CT molecular complexity index is 757. The van der Waals surface area contributed by atoms with Gasteiger partial charge in [0, 0.05) is 21.9 Å². The van der Waals surface area contributed by atoms with Gasteiger partial charge in [0.25, 0.3) is 15.0 Å². The van der Waals surface area contributed by atoms with Crippen molar-refractivity contribution < 1.29 is 17.9 Å². The Hall–Kier alpha value is -2.05. The van der Waals surface area contributed by atoms with Crippen LogP contribution in [0.3, 0.4) is 0 Å². The Labute approximate surface area is 126 Å².